The number of aromatic nitrogens is 2. The zero-order chi connectivity index (χ0) is 12.3. The summed E-state index contributed by atoms with van der Waals surface area (Å²) < 4.78 is 9.92. The van der Waals surface area contributed by atoms with Crippen molar-refractivity contribution >= 4 is 5.91 Å². The third kappa shape index (κ3) is 2.25. The Kier molecular flexibility index (Phi) is 3.04. The molecule has 0 spiro atoms. The van der Waals surface area contributed by atoms with Crippen LogP contribution in [0.4, 0.5) is 0 Å². The predicted molar refractivity (Wildman–Crippen MR) is 59.7 cm³/mol. The molecule has 17 heavy (non-hydrogen) atoms. The quantitative estimate of drug-likeness (QED) is 0.859. The minimum atomic E-state index is -0.411. The number of methoxy groups -OCH3 is 1. The Hall–Kier alpha value is -2.37. The molecule has 0 unspecified atom stereocenters. The van der Waals surface area contributed by atoms with Gasteiger partial charge in [0.25, 0.3) is 0 Å². The second-order valence-electron chi connectivity index (χ2n) is 3.23. The molecule has 2 aromatic rings. The number of benzene rings is 1. The van der Waals surface area contributed by atoms with Crippen molar-refractivity contribution in [2.45, 2.75) is 0 Å². The van der Waals surface area contributed by atoms with Gasteiger partial charge in [0.15, 0.2) is 0 Å². The molecule has 0 atom stereocenters. The van der Waals surface area contributed by atoms with Crippen LogP contribution in [-0.2, 0) is 0 Å². The summed E-state index contributed by atoms with van der Waals surface area (Å²) in [5.41, 5.74) is 0.725. The van der Waals surface area contributed by atoms with Gasteiger partial charge >= 0.3 is 11.8 Å². The Bertz CT molecular complexity index is 536. The molecule has 1 N–H and O–H groups in total. The first-order valence-electron chi connectivity index (χ1n) is 4.95. The summed E-state index contributed by atoms with van der Waals surface area (Å²) in [6.45, 7) is 0. The molecule has 0 saturated heterocycles. The van der Waals surface area contributed by atoms with Crippen molar-refractivity contribution in [1.82, 2.24) is 15.5 Å². The fourth-order valence-corrected chi connectivity index (χ4v) is 1.30. The van der Waals surface area contributed by atoms with Crippen LogP contribution in [0.2, 0.25) is 0 Å². The number of carbonyl (C=O) groups excluding carboxylic acids is 1. The number of nitrogens with zero attached hydrogens (tertiary/aromatic N) is 2. The number of rotatable bonds is 3. The van der Waals surface area contributed by atoms with Crippen molar-refractivity contribution in [2.75, 3.05) is 14.2 Å². The minimum Gasteiger partial charge on any atom is -0.497 e. The first-order chi connectivity index (χ1) is 8.24. The molecule has 0 fully saturated rings. The molecule has 0 aliphatic heterocycles. The molecule has 88 valence electrons. The highest BCUT2D eigenvalue weighted by atomic mass is 16.5. The third-order valence-electron chi connectivity index (χ3n) is 2.18. The average Bonchev–Trinajstić information content (AvgIpc) is 2.87. The maximum Gasteiger partial charge on any atom is 0.316 e. The molecule has 0 aliphatic rings. The summed E-state index contributed by atoms with van der Waals surface area (Å²) in [4.78, 5) is 15.2. The Morgan fingerprint density at radius 1 is 1.47 bits per heavy atom. The maximum atomic E-state index is 11.2. The Morgan fingerprint density at radius 2 is 2.29 bits per heavy atom. The zero-order valence-corrected chi connectivity index (χ0v) is 9.43. The molecule has 0 aliphatic carbocycles. The van der Waals surface area contributed by atoms with Gasteiger partial charge in [-0.15, -0.1) is 0 Å². The largest absolute Gasteiger partial charge is 0.497 e. The van der Waals surface area contributed by atoms with Crippen LogP contribution in [0.15, 0.2) is 28.8 Å². The Balaban J connectivity index is 2.33. The van der Waals surface area contributed by atoms with Crippen molar-refractivity contribution in [3.63, 3.8) is 0 Å². The fourth-order valence-electron chi connectivity index (χ4n) is 1.30. The smallest absolute Gasteiger partial charge is 0.316 e. The highest BCUT2D eigenvalue weighted by molar-refractivity contribution is 5.89. The topological polar surface area (TPSA) is 77.2 Å². The summed E-state index contributed by atoms with van der Waals surface area (Å²) in [7, 11) is 3.07. The lowest BCUT2D eigenvalue weighted by Gasteiger charge is -1.99. The molecule has 0 radical (unpaired) electrons. The SMILES string of the molecule is CNC(=O)c1nc(-c2cccc(OC)c2)no1. The fraction of sp³-hybridized carbons (Fsp3) is 0.182. The first kappa shape index (κ1) is 11.1. The average molecular weight is 233 g/mol. The molecule has 1 heterocycles. The van der Waals surface area contributed by atoms with Crippen LogP contribution in [0.25, 0.3) is 11.4 Å². The molecule has 6 nitrogen and oxygen atoms in total. The van der Waals surface area contributed by atoms with E-state index in [1.54, 1.807) is 19.2 Å². The lowest BCUT2D eigenvalue weighted by Crippen LogP contribution is -2.17. The molecule has 6 heteroatoms. The number of carbonyl (C=O) groups is 1. The van der Waals surface area contributed by atoms with Crippen LogP contribution in [0.1, 0.15) is 10.7 Å². The van der Waals surface area contributed by atoms with E-state index in [0.717, 1.165) is 5.56 Å². The van der Waals surface area contributed by atoms with Crippen molar-refractivity contribution in [2.24, 2.45) is 0 Å². The maximum absolute atomic E-state index is 11.2. The van der Waals surface area contributed by atoms with Crippen LogP contribution in [0.5, 0.6) is 5.75 Å². The van der Waals surface area contributed by atoms with Gasteiger partial charge < -0.3 is 14.6 Å². The summed E-state index contributed by atoms with van der Waals surface area (Å²) in [5.74, 6) is 0.563. The molecule has 1 amide bonds. The van der Waals surface area contributed by atoms with Gasteiger partial charge in [0.2, 0.25) is 5.82 Å². The minimum absolute atomic E-state index is 0.0645. The summed E-state index contributed by atoms with van der Waals surface area (Å²) in [5, 5.41) is 6.14. The van der Waals surface area contributed by atoms with E-state index in [9.17, 15) is 4.79 Å². The van der Waals surface area contributed by atoms with Crippen LogP contribution in [-0.4, -0.2) is 30.2 Å². The van der Waals surface area contributed by atoms with E-state index in [-0.39, 0.29) is 5.89 Å². The standard InChI is InChI=1S/C11H11N3O3/c1-12-10(15)11-13-9(14-17-11)7-4-3-5-8(6-7)16-2/h3-6H,1-2H3,(H,12,15). The number of hydrogen-bond acceptors (Lipinski definition) is 5. The Morgan fingerprint density at radius 3 is 3.00 bits per heavy atom. The second kappa shape index (κ2) is 4.65. The van der Waals surface area contributed by atoms with E-state index in [4.69, 9.17) is 9.26 Å². The van der Waals surface area contributed by atoms with Crippen molar-refractivity contribution in [3.8, 4) is 17.1 Å². The monoisotopic (exact) mass is 233 g/mol. The molecule has 0 saturated carbocycles. The zero-order valence-electron chi connectivity index (χ0n) is 9.43. The second-order valence-corrected chi connectivity index (χ2v) is 3.23. The van der Waals surface area contributed by atoms with Crippen molar-refractivity contribution in [1.29, 1.82) is 0 Å². The van der Waals surface area contributed by atoms with Crippen molar-refractivity contribution in [3.05, 3.63) is 30.2 Å². The van der Waals surface area contributed by atoms with Crippen LogP contribution in [0.3, 0.4) is 0 Å². The number of amides is 1. The normalized spacial score (nSPS) is 10.0. The number of hydrogen-bond donors (Lipinski definition) is 1. The lowest BCUT2D eigenvalue weighted by atomic mass is 10.2. The third-order valence-corrected chi connectivity index (χ3v) is 2.18. The highest BCUT2D eigenvalue weighted by Crippen LogP contribution is 2.20. The summed E-state index contributed by atoms with van der Waals surface area (Å²) in [6, 6.07) is 7.19. The van der Waals surface area contributed by atoms with Gasteiger partial charge in [-0.3, -0.25) is 4.79 Å². The number of nitrogens with one attached hydrogen (secondary N) is 1. The van der Waals surface area contributed by atoms with Gasteiger partial charge in [-0.05, 0) is 12.1 Å². The molecular formula is C11H11N3O3. The van der Waals surface area contributed by atoms with E-state index in [0.29, 0.717) is 11.6 Å². The molecule has 1 aromatic carbocycles. The van der Waals surface area contributed by atoms with Gasteiger partial charge in [-0.25, -0.2) is 0 Å². The van der Waals surface area contributed by atoms with Gasteiger partial charge in [-0.2, -0.15) is 4.98 Å². The Labute approximate surface area is 97.6 Å². The van der Waals surface area contributed by atoms with Crippen LogP contribution in [0, 0.1) is 0 Å². The van der Waals surface area contributed by atoms with Gasteiger partial charge in [0.1, 0.15) is 5.75 Å². The van der Waals surface area contributed by atoms with E-state index >= 15 is 0 Å². The van der Waals surface area contributed by atoms with E-state index in [1.807, 2.05) is 12.1 Å². The molecule has 2 rings (SSSR count). The summed E-state index contributed by atoms with van der Waals surface area (Å²) >= 11 is 0. The van der Waals surface area contributed by atoms with Crippen LogP contribution >= 0.6 is 0 Å². The molecule has 0 bridgehead atoms. The summed E-state index contributed by atoms with van der Waals surface area (Å²) in [6.07, 6.45) is 0. The molecular weight excluding hydrogens is 222 g/mol. The van der Waals surface area contributed by atoms with Gasteiger partial charge in [-0.1, -0.05) is 17.3 Å². The van der Waals surface area contributed by atoms with E-state index in [1.165, 1.54) is 7.05 Å². The van der Waals surface area contributed by atoms with E-state index in [2.05, 4.69) is 15.5 Å². The first-order valence-corrected chi connectivity index (χ1v) is 4.95. The van der Waals surface area contributed by atoms with Crippen LogP contribution < -0.4 is 10.1 Å². The predicted octanol–water partition coefficient (Wildman–Crippen LogP) is 1.10. The lowest BCUT2D eigenvalue weighted by molar-refractivity contribution is 0.0919. The molecule has 1 aromatic heterocycles. The van der Waals surface area contributed by atoms with Gasteiger partial charge in [0, 0.05) is 12.6 Å². The highest BCUT2D eigenvalue weighted by Gasteiger charge is 2.14. The number of ether oxygens (including phenoxy) is 1. The van der Waals surface area contributed by atoms with Crippen molar-refractivity contribution < 1.29 is 14.1 Å². The van der Waals surface area contributed by atoms with E-state index < -0.39 is 5.91 Å². The van der Waals surface area contributed by atoms with Gasteiger partial charge in [0.05, 0.1) is 7.11 Å².